The summed E-state index contributed by atoms with van der Waals surface area (Å²) < 4.78 is 0. The van der Waals surface area contributed by atoms with Crippen LogP contribution in [0.15, 0.2) is 18.5 Å². The van der Waals surface area contributed by atoms with E-state index < -0.39 is 0 Å². The van der Waals surface area contributed by atoms with Gasteiger partial charge in [0.1, 0.15) is 0 Å². The van der Waals surface area contributed by atoms with Crippen LogP contribution in [0, 0.1) is 0 Å². The molecule has 0 radical (unpaired) electrons. The molecule has 20 heavy (non-hydrogen) atoms. The fourth-order valence-electron chi connectivity index (χ4n) is 3.15. The molecule has 2 atom stereocenters. The van der Waals surface area contributed by atoms with Crippen LogP contribution in [-0.4, -0.2) is 46.1 Å². The van der Waals surface area contributed by atoms with E-state index in [-0.39, 0.29) is 0 Å². The number of anilines is 1. The highest BCUT2D eigenvalue weighted by molar-refractivity contribution is 7.99. The van der Waals surface area contributed by atoms with Gasteiger partial charge >= 0.3 is 0 Å². The molecule has 0 amide bonds. The van der Waals surface area contributed by atoms with Crippen molar-refractivity contribution < 1.29 is 0 Å². The maximum Gasteiger partial charge on any atom is 0.225 e. The highest BCUT2D eigenvalue weighted by Gasteiger charge is 2.27. The van der Waals surface area contributed by atoms with Gasteiger partial charge in [-0.3, -0.25) is 0 Å². The van der Waals surface area contributed by atoms with Crippen LogP contribution in [0.1, 0.15) is 32.6 Å². The van der Waals surface area contributed by atoms with Gasteiger partial charge in [0, 0.05) is 42.8 Å². The Morgan fingerprint density at radius 1 is 1.20 bits per heavy atom. The minimum Gasteiger partial charge on any atom is -0.341 e. The summed E-state index contributed by atoms with van der Waals surface area (Å²) in [5.41, 5.74) is 0. The van der Waals surface area contributed by atoms with Crippen molar-refractivity contribution >= 4 is 17.7 Å². The van der Waals surface area contributed by atoms with Crippen molar-refractivity contribution in [3.63, 3.8) is 0 Å². The minimum atomic E-state index is 0.668. The van der Waals surface area contributed by atoms with Gasteiger partial charge in [0.15, 0.2) is 0 Å². The van der Waals surface area contributed by atoms with Crippen LogP contribution in [0.4, 0.5) is 5.95 Å². The summed E-state index contributed by atoms with van der Waals surface area (Å²) in [4.78, 5) is 11.0. The van der Waals surface area contributed by atoms with E-state index in [9.17, 15) is 0 Å². The quantitative estimate of drug-likeness (QED) is 0.926. The van der Waals surface area contributed by atoms with Crippen LogP contribution in [0.5, 0.6) is 0 Å². The van der Waals surface area contributed by atoms with E-state index in [2.05, 4.69) is 38.9 Å². The molecule has 0 bridgehead atoms. The molecule has 1 N–H and O–H groups in total. The van der Waals surface area contributed by atoms with E-state index in [1.54, 1.807) is 0 Å². The molecule has 2 aliphatic heterocycles. The lowest BCUT2D eigenvalue weighted by Crippen LogP contribution is -2.50. The first-order chi connectivity index (χ1) is 9.83. The smallest absolute Gasteiger partial charge is 0.225 e. The first-order valence-corrected chi connectivity index (χ1v) is 8.77. The maximum absolute atomic E-state index is 4.35. The van der Waals surface area contributed by atoms with Gasteiger partial charge in [-0.25, -0.2) is 9.97 Å². The number of nitrogens with zero attached hydrogens (tertiary/aromatic N) is 3. The summed E-state index contributed by atoms with van der Waals surface area (Å²) in [6, 6.07) is 3.25. The molecule has 5 heteroatoms. The Hall–Kier alpha value is -0.810. The lowest BCUT2D eigenvalue weighted by Gasteiger charge is -2.37. The SMILES string of the molecule is CC1SCCCC1NC1CCN(c2ncccn2)CC1. The average Bonchev–Trinajstić information content (AvgIpc) is 2.51. The molecular weight excluding hydrogens is 268 g/mol. The Morgan fingerprint density at radius 3 is 2.65 bits per heavy atom. The highest BCUT2D eigenvalue weighted by Crippen LogP contribution is 2.26. The van der Waals surface area contributed by atoms with Crippen molar-refractivity contribution in [3.05, 3.63) is 18.5 Å². The van der Waals surface area contributed by atoms with Gasteiger partial charge < -0.3 is 10.2 Å². The van der Waals surface area contributed by atoms with Gasteiger partial charge in [-0.2, -0.15) is 11.8 Å². The van der Waals surface area contributed by atoms with Gasteiger partial charge in [-0.15, -0.1) is 0 Å². The molecule has 2 saturated heterocycles. The number of rotatable bonds is 3. The fraction of sp³-hybridized carbons (Fsp3) is 0.733. The van der Waals surface area contributed by atoms with E-state index in [0.717, 1.165) is 24.3 Å². The Kier molecular flexibility index (Phi) is 4.78. The van der Waals surface area contributed by atoms with E-state index in [4.69, 9.17) is 0 Å². The zero-order valence-corrected chi connectivity index (χ0v) is 13.0. The second-order valence-electron chi connectivity index (χ2n) is 5.80. The first kappa shape index (κ1) is 14.1. The van der Waals surface area contributed by atoms with Gasteiger partial charge in [0.2, 0.25) is 5.95 Å². The van der Waals surface area contributed by atoms with Crippen molar-refractivity contribution in [1.29, 1.82) is 0 Å². The molecule has 1 aromatic rings. The molecule has 3 heterocycles. The topological polar surface area (TPSA) is 41.0 Å². The summed E-state index contributed by atoms with van der Waals surface area (Å²) in [7, 11) is 0. The molecule has 110 valence electrons. The third-order valence-electron chi connectivity index (χ3n) is 4.39. The Labute approximate surface area is 125 Å². The molecule has 1 aromatic heterocycles. The number of hydrogen-bond donors (Lipinski definition) is 1. The van der Waals surface area contributed by atoms with Crippen molar-refractivity contribution in [2.45, 2.75) is 49.9 Å². The van der Waals surface area contributed by atoms with E-state index >= 15 is 0 Å². The second kappa shape index (κ2) is 6.76. The lowest BCUT2D eigenvalue weighted by molar-refractivity contribution is 0.346. The summed E-state index contributed by atoms with van der Waals surface area (Å²) >= 11 is 2.12. The molecule has 0 saturated carbocycles. The Bertz CT molecular complexity index is 406. The molecule has 0 aromatic carbocycles. The van der Waals surface area contributed by atoms with Gasteiger partial charge in [-0.1, -0.05) is 6.92 Å². The van der Waals surface area contributed by atoms with Gasteiger partial charge in [0.25, 0.3) is 0 Å². The first-order valence-electron chi connectivity index (χ1n) is 7.72. The zero-order chi connectivity index (χ0) is 13.8. The second-order valence-corrected chi connectivity index (χ2v) is 7.29. The molecule has 0 spiro atoms. The standard InChI is InChI=1S/C15H24N4S/c1-12-14(4-2-11-20-12)18-13-5-9-19(10-6-13)15-16-7-3-8-17-15/h3,7-8,12-14,18H,2,4-6,9-11H2,1H3. The van der Waals surface area contributed by atoms with Crippen molar-refractivity contribution in [2.75, 3.05) is 23.7 Å². The normalized spacial score (nSPS) is 28.6. The van der Waals surface area contributed by atoms with Crippen LogP contribution in [0.25, 0.3) is 0 Å². The summed E-state index contributed by atoms with van der Waals surface area (Å²) in [6.45, 7) is 4.50. The number of nitrogens with one attached hydrogen (secondary N) is 1. The number of aromatic nitrogens is 2. The van der Waals surface area contributed by atoms with Crippen molar-refractivity contribution in [1.82, 2.24) is 15.3 Å². The van der Waals surface area contributed by atoms with Crippen LogP contribution in [-0.2, 0) is 0 Å². The third kappa shape index (κ3) is 3.44. The van der Waals surface area contributed by atoms with Crippen molar-refractivity contribution in [2.24, 2.45) is 0 Å². The predicted octanol–water partition coefficient (Wildman–Crippen LogP) is 2.32. The number of piperidine rings is 1. The maximum atomic E-state index is 4.35. The monoisotopic (exact) mass is 292 g/mol. The molecule has 2 unspecified atom stereocenters. The molecule has 2 aliphatic rings. The Morgan fingerprint density at radius 2 is 1.95 bits per heavy atom. The summed E-state index contributed by atoms with van der Waals surface area (Å²) in [5, 5.41) is 4.65. The lowest BCUT2D eigenvalue weighted by atomic mass is 10.0. The fourth-order valence-corrected chi connectivity index (χ4v) is 4.30. The van der Waals surface area contributed by atoms with Gasteiger partial charge in [-0.05, 0) is 37.5 Å². The number of hydrogen-bond acceptors (Lipinski definition) is 5. The zero-order valence-electron chi connectivity index (χ0n) is 12.2. The average molecular weight is 292 g/mol. The van der Waals surface area contributed by atoms with Crippen LogP contribution >= 0.6 is 11.8 Å². The van der Waals surface area contributed by atoms with E-state index in [0.29, 0.717) is 12.1 Å². The number of thioether (sulfide) groups is 1. The molecule has 2 fully saturated rings. The van der Waals surface area contributed by atoms with Crippen LogP contribution < -0.4 is 10.2 Å². The largest absolute Gasteiger partial charge is 0.341 e. The Balaban J connectivity index is 1.49. The van der Waals surface area contributed by atoms with Gasteiger partial charge in [0.05, 0.1) is 0 Å². The minimum absolute atomic E-state index is 0.668. The van der Waals surface area contributed by atoms with E-state index in [1.165, 1.54) is 31.4 Å². The van der Waals surface area contributed by atoms with Crippen molar-refractivity contribution in [3.8, 4) is 0 Å². The third-order valence-corrected chi connectivity index (χ3v) is 5.77. The van der Waals surface area contributed by atoms with Crippen LogP contribution in [0.3, 0.4) is 0 Å². The molecule has 0 aliphatic carbocycles. The highest BCUT2D eigenvalue weighted by atomic mass is 32.2. The summed E-state index contributed by atoms with van der Waals surface area (Å²) in [5.74, 6) is 2.22. The summed E-state index contributed by atoms with van der Waals surface area (Å²) in [6.07, 6.45) is 8.76. The predicted molar refractivity (Wildman–Crippen MR) is 85.3 cm³/mol. The molecular formula is C15H24N4S. The molecule has 3 rings (SSSR count). The molecule has 4 nitrogen and oxygen atoms in total. The van der Waals surface area contributed by atoms with Crippen LogP contribution in [0.2, 0.25) is 0 Å². The van der Waals surface area contributed by atoms with E-state index in [1.807, 2.05) is 18.5 Å².